The molecule has 20 heavy (non-hydrogen) atoms. The van der Waals surface area contributed by atoms with Crippen LogP contribution in [0.4, 0.5) is 0 Å². The topological polar surface area (TPSA) is 56.7 Å². The number of aromatic nitrogens is 3. The molecule has 3 rings (SSSR count). The van der Waals surface area contributed by atoms with E-state index in [0.29, 0.717) is 6.54 Å². The highest BCUT2D eigenvalue weighted by Gasteiger charge is 2.13. The van der Waals surface area contributed by atoms with Crippen molar-refractivity contribution in [3.8, 4) is 16.8 Å². The lowest BCUT2D eigenvalue weighted by Crippen LogP contribution is -2.05. The van der Waals surface area contributed by atoms with E-state index in [1.54, 1.807) is 18.7 Å². The van der Waals surface area contributed by atoms with E-state index in [4.69, 9.17) is 5.73 Å². The van der Waals surface area contributed by atoms with E-state index in [2.05, 4.69) is 29.0 Å². The molecule has 4 nitrogen and oxygen atoms in total. The highest BCUT2D eigenvalue weighted by molar-refractivity contribution is 5.77. The molecule has 2 aromatic heterocycles. The van der Waals surface area contributed by atoms with Crippen LogP contribution in [0.5, 0.6) is 0 Å². The summed E-state index contributed by atoms with van der Waals surface area (Å²) >= 11 is 0. The van der Waals surface area contributed by atoms with Crippen molar-refractivity contribution in [2.24, 2.45) is 5.73 Å². The minimum Gasteiger partial charge on any atom is -0.325 e. The molecule has 3 aromatic rings. The monoisotopic (exact) mass is 264 g/mol. The average Bonchev–Trinajstić information content (AvgIpc) is 3.01. The van der Waals surface area contributed by atoms with Crippen molar-refractivity contribution in [2.45, 2.75) is 13.5 Å². The third-order valence-corrected chi connectivity index (χ3v) is 3.39. The fraction of sp³-hybridized carbons (Fsp3) is 0.125. The van der Waals surface area contributed by atoms with Gasteiger partial charge in [-0.25, -0.2) is 4.98 Å². The molecule has 0 aliphatic rings. The Kier molecular flexibility index (Phi) is 3.31. The quantitative estimate of drug-likeness (QED) is 0.791. The third kappa shape index (κ3) is 2.10. The van der Waals surface area contributed by atoms with E-state index in [0.717, 1.165) is 22.5 Å². The normalized spacial score (nSPS) is 10.7. The number of pyridine rings is 1. The lowest BCUT2D eigenvalue weighted by molar-refractivity contribution is 0.984. The van der Waals surface area contributed by atoms with Crippen molar-refractivity contribution in [1.29, 1.82) is 0 Å². The van der Waals surface area contributed by atoms with Crippen LogP contribution in [-0.2, 0) is 6.54 Å². The van der Waals surface area contributed by atoms with Gasteiger partial charge in [0.2, 0.25) is 0 Å². The number of hydrogen-bond donors (Lipinski definition) is 1. The lowest BCUT2D eigenvalue weighted by Gasteiger charge is -2.15. The van der Waals surface area contributed by atoms with Crippen LogP contribution in [0.1, 0.15) is 11.3 Å². The van der Waals surface area contributed by atoms with Crippen LogP contribution in [0.2, 0.25) is 0 Å². The van der Waals surface area contributed by atoms with Gasteiger partial charge in [-0.2, -0.15) is 0 Å². The summed E-state index contributed by atoms with van der Waals surface area (Å²) in [4.78, 5) is 8.53. The Labute approximate surface area is 117 Å². The molecule has 2 N–H and O–H groups in total. The Bertz CT molecular complexity index is 717. The molecule has 0 aliphatic carbocycles. The maximum Gasteiger partial charge on any atom is 0.0991 e. The van der Waals surface area contributed by atoms with Crippen LogP contribution < -0.4 is 5.73 Å². The molecule has 0 aliphatic heterocycles. The molecular formula is C16H16N4. The Hall–Kier alpha value is -2.46. The van der Waals surface area contributed by atoms with Gasteiger partial charge >= 0.3 is 0 Å². The van der Waals surface area contributed by atoms with Gasteiger partial charge in [0.25, 0.3) is 0 Å². The van der Waals surface area contributed by atoms with Crippen molar-refractivity contribution in [1.82, 2.24) is 14.5 Å². The summed E-state index contributed by atoms with van der Waals surface area (Å²) < 4.78 is 2.00. The van der Waals surface area contributed by atoms with Crippen LogP contribution in [0.15, 0.2) is 55.2 Å². The molecule has 100 valence electrons. The van der Waals surface area contributed by atoms with Gasteiger partial charge in [0.05, 0.1) is 17.7 Å². The predicted molar refractivity (Wildman–Crippen MR) is 79.4 cm³/mol. The number of benzene rings is 1. The number of nitrogens with zero attached hydrogens (tertiary/aromatic N) is 3. The second kappa shape index (κ2) is 5.27. The zero-order valence-electron chi connectivity index (χ0n) is 11.3. The second-order valence-corrected chi connectivity index (χ2v) is 4.64. The molecule has 0 radical (unpaired) electrons. The van der Waals surface area contributed by atoms with Crippen LogP contribution >= 0.6 is 0 Å². The number of imidazole rings is 1. The maximum atomic E-state index is 5.84. The first kappa shape index (κ1) is 12.6. The van der Waals surface area contributed by atoms with Gasteiger partial charge in [-0.3, -0.25) is 4.98 Å². The fourth-order valence-electron chi connectivity index (χ4n) is 2.45. The van der Waals surface area contributed by atoms with Gasteiger partial charge in [-0.05, 0) is 24.6 Å². The van der Waals surface area contributed by atoms with Crippen LogP contribution in [0.25, 0.3) is 16.8 Å². The minimum atomic E-state index is 0.426. The first-order chi connectivity index (χ1) is 9.81. The summed E-state index contributed by atoms with van der Waals surface area (Å²) in [6.45, 7) is 2.51. The first-order valence-electron chi connectivity index (χ1n) is 6.53. The van der Waals surface area contributed by atoms with E-state index in [-0.39, 0.29) is 0 Å². The van der Waals surface area contributed by atoms with Gasteiger partial charge in [0.15, 0.2) is 0 Å². The molecule has 0 bridgehead atoms. The Balaban J connectivity index is 2.26. The van der Waals surface area contributed by atoms with Crippen LogP contribution in [-0.4, -0.2) is 14.5 Å². The molecule has 4 heteroatoms. The van der Waals surface area contributed by atoms with Crippen molar-refractivity contribution in [2.75, 3.05) is 0 Å². The maximum absolute atomic E-state index is 5.84. The minimum absolute atomic E-state index is 0.426. The molecule has 2 heterocycles. The van der Waals surface area contributed by atoms with Gasteiger partial charge in [-0.1, -0.05) is 18.2 Å². The largest absolute Gasteiger partial charge is 0.325 e. The van der Waals surface area contributed by atoms with E-state index < -0.39 is 0 Å². The Morgan fingerprint density at radius 1 is 1.15 bits per heavy atom. The fourth-order valence-corrected chi connectivity index (χ4v) is 2.45. The van der Waals surface area contributed by atoms with Gasteiger partial charge in [0.1, 0.15) is 0 Å². The zero-order valence-corrected chi connectivity index (χ0v) is 11.3. The van der Waals surface area contributed by atoms with E-state index in [1.807, 2.05) is 29.0 Å². The van der Waals surface area contributed by atoms with Crippen molar-refractivity contribution in [3.63, 3.8) is 0 Å². The number of aryl methyl sites for hydroxylation is 1. The number of rotatable bonds is 3. The number of nitrogens with two attached hydrogens (primary N) is 1. The highest BCUT2D eigenvalue weighted by atomic mass is 15.0. The SMILES string of the molecule is Cc1ccnc(CN)c1-c1ccccc1-n1ccnc1. The molecule has 0 saturated heterocycles. The van der Waals surface area contributed by atoms with Crippen molar-refractivity contribution in [3.05, 3.63) is 66.5 Å². The predicted octanol–water partition coefficient (Wildman–Crippen LogP) is 2.70. The molecule has 0 fully saturated rings. The van der Waals surface area contributed by atoms with Crippen molar-refractivity contribution < 1.29 is 0 Å². The zero-order chi connectivity index (χ0) is 13.9. The van der Waals surface area contributed by atoms with E-state index >= 15 is 0 Å². The van der Waals surface area contributed by atoms with Crippen LogP contribution in [0, 0.1) is 6.92 Å². The molecular weight excluding hydrogens is 248 g/mol. The van der Waals surface area contributed by atoms with Gasteiger partial charge in [-0.15, -0.1) is 0 Å². The number of hydrogen-bond acceptors (Lipinski definition) is 3. The highest BCUT2D eigenvalue weighted by Crippen LogP contribution is 2.31. The Morgan fingerprint density at radius 2 is 2.00 bits per heavy atom. The van der Waals surface area contributed by atoms with Gasteiger partial charge in [0, 0.05) is 36.3 Å². The molecule has 1 aromatic carbocycles. The smallest absolute Gasteiger partial charge is 0.0991 e. The van der Waals surface area contributed by atoms with Crippen molar-refractivity contribution >= 4 is 0 Å². The average molecular weight is 264 g/mol. The summed E-state index contributed by atoms with van der Waals surface area (Å²) in [5.74, 6) is 0. The number of para-hydroxylation sites is 1. The second-order valence-electron chi connectivity index (χ2n) is 4.64. The molecule has 0 atom stereocenters. The van der Waals surface area contributed by atoms with Gasteiger partial charge < -0.3 is 10.3 Å². The van der Waals surface area contributed by atoms with E-state index in [1.165, 1.54) is 5.56 Å². The summed E-state index contributed by atoms with van der Waals surface area (Å²) in [6, 6.07) is 10.2. The lowest BCUT2D eigenvalue weighted by atomic mass is 9.97. The summed E-state index contributed by atoms with van der Waals surface area (Å²) in [7, 11) is 0. The molecule has 0 spiro atoms. The Morgan fingerprint density at radius 3 is 2.75 bits per heavy atom. The first-order valence-corrected chi connectivity index (χ1v) is 6.53. The third-order valence-electron chi connectivity index (χ3n) is 3.39. The standard InChI is InChI=1S/C16H16N4/c1-12-6-7-19-14(10-17)16(12)13-4-2-3-5-15(13)20-9-8-18-11-20/h2-9,11H,10,17H2,1H3. The summed E-state index contributed by atoms with van der Waals surface area (Å²) in [5.41, 5.74) is 11.2. The summed E-state index contributed by atoms with van der Waals surface area (Å²) in [6.07, 6.45) is 7.32. The summed E-state index contributed by atoms with van der Waals surface area (Å²) in [5, 5.41) is 0. The molecule has 0 saturated carbocycles. The molecule has 0 amide bonds. The van der Waals surface area contributed by atoms with E-state index in [9.17, 15) is 0 Å². The van der Waals surface area contributed by atoms with Crippen LogP contribution in [0.3, 0.4) is 0 Å². The molecule has 0 unspecified atom stereocenters.